The minimum Gasteiger partial charge on any atom is -0.504 e. The number of methoxy groups -OCH3 is 2. The number of ether oxygens (including phenoxy) is 2. The van der Waals surface area contributed by atoms with Crippen molar-refractivity contribution in [3.05, 3.63) is 69.8 Å². The van der Waals surface area contributed by atoms with Crippen molar-refractivity contribution in [2.24, 2.45) is 11.7 Å². The van der Waals surface area contributed by atoms with Gasteiger partial charge < -0.3 is 29.4 Å². The van der Waals surface area contributed by atoms with E-state index in [4.69, 9.17) is 30.9 Å². The summed E-state index contributed by atoms with van der Waals surface area (Å²) in [6.45, 7) is 0. The summed E-state index contributed by atoms with van der Waals surface area (Å²) in [5.74, 6) is 12.5. The number of rotatable bonds is 6. The van der Waals surface area contributed by atoms with Crippen LogP contribution in [0.25, 0.3) is 33.4 Å². The lowest BCUT2D eigenvalue weighted by molar-refractivity contribution is 0.144. The molecular weight excluding hydrogens is 500 g/mol. The predicted molar refractivity (Wildman–Crippen MR) is 144 cm³/mol. The molecule has 3 aliphatic carbocycles. The average molecular weight is 527 g/mol. The highest BCUT2D eigenvalue weighted by molar-refractivity contribution is 6.01. The molecule has 0 unspecified atom stereocenters. The number of aromatic hydroxyl groups is 2. The van der Waals surface area contributed by atoms with E-state index in [0.717, 1.165) is 55.6 Å². The van der Waals surface area contributed by atoms with Gasteiger partial charge in [-0.15, -0.1) is 0 Å². The normalized spacial score (nSPS) is 13.2. The minimum atomic E-state index is -0.0191. The molecule has 39 heavy (non-hydrogen) atoms. The standard InChI is InChI=1S/C29H26N4O6/c1-36-25-8-14-5-20-28-16-10-24(39-33-32-30)21(34)6-12(16)3-18(28)27-15-9-22(35)23(38-31)7-13(15)4-19(27)29(20)17(14)11-26(25)37-2/h6-11,32-35H,3-5,30-31H2,1-2H3. The van der Waals surface area contributed by atoms with Crippen molar-refractivity contribution in [2.75, 3.05) is 14.2 Å². The van der Waals surface area contributed by atoms with Crippen LogP contribution in [0.3, 0.4) is 0 Å². The fraction of sp³-hybridized carbons (Fsp3) is 0.172. The van der Waals surface area contributed by atoms with Crippen LogP contribution in [0, 0.1) is 0 Å². The van der Waals surface area contributed by atoms with Gasteiger partial charge >= 0.3 is 0 Å². The second kappa shape index (κ2) is 8.52. The molecule has 0 spiro atoms. The first kappa shape index (κ1) is 23.6. The highest BCUT2D eigenvalue weighted by atomic mass is 16.7. The maximum Gasteiger partial charge on any atom is 0.191 e. The first-order valence-corrected chi connectivity index (χ1v) is 12.4. The zero-order valence-electron chi connectivity index (χ0n) is 21.3. The zero-order chi connectivity index (χ0) is 27.0. The number of phenolic OH excluding ortho intramolecular Hbond substituents is 2. The van der Waals surface area contributed by atoms with Crippen molar-refractivity contribution < 1.29 is 29.4 Å². The summed E-state index contributed by atoms with van der Waals surface area (Å²) >= 11 is 0. The summed E-state index contributed by atoms with van der Waals surface area (Å²) in [5, 5.41) is 21.3. The van der Waals surface area contributed by atoms with E-state index in [-0.39, 0.29) is 23.0 Å². The maximum atomic E-state index is 10.7. The Balaban J connectivity index is 1.53. The van der Waals surface area contributed by atoms with Crippen molar-refractivity contribution in [1.82, 2.24) is 11.1 Å². The van der Waals surface area contributed by atoms with E-state index in [2.05, 4.69) is 11.1 Å². The van der Waals surface area contributed by atoms with Gasteiger partial charge in [-0.1, -0.05) is 5.59 Å². The Labute approximate surface area is 223 Å². The quantitative estimate of drug-likeness (QED) is 0.140. The molecule has 8 N–H and O–H groups in total. The Bertz CT molecular complexity index is 1720. The molecule has 0 saturated carbocycles. The van der Waals surface area contributed by atoms with Gasteiger partial charge in [0.1, 0.15) is 0 Å². The molecular formula is C29H26N4O6. The number of hydrogen-bond acceptors (Lipinski definition) is 10. The molecule has 0 atom stereocenters. The molecule has 0 fully saturated rings. The van der Waals surface area contributed by atoms with Gasteiger partial charge in [0.25, 0.3) is 0 Å². The SMILES string of the molecule is COc1cc2c(cc1OC)-c1c3c(c4c(c1C2)-c1cc(ONNN)c(O)cc1C4)-c1cc(O)c(ON)cc1C3. The third-order valence-corrected chi connectivity index (χ3v) is 8.05. The lowest BCUT2D eigenvalue weighted by Crippen LogP contribution is -2.40. The van der Waals surface area contributed by atoms with Gasteiger partial charge in [0, 0.05) is 0 Å². The lowest BCUT2D eigenvalue weighted by atomic mass is 9.86. The van der Waals surface area contributed by atoms with Crippen LogP contribution in [-0.2, 0) is 19.3 Å². The number of hydrogen-bond donors (Lipinski definition) is 6. The van der Waals surface area contributed by atoms with Gasteiger partial charge in [0.05, 0.1) is 14.2 Å². The fourth-order valence-electron chi connectivity index (χ4n) is 6.54. The van der Waals surface area contributed by atoms with E-state index in [1.165, 1.54) is 11.1 Å². The molecule has 0 amide bonds. The molecule has 0 heterocycles. The second-order valence-electron chi connectivity index (χ2n) is 9.88. The number of fused-ring (bicyclic) bond motifs is 12. The van der Waals surface area contributed by atoms with Crippen molar-refractivity contribution in [1.29, 1.82) is 0 Å². The van der Waals surface area contributed by atoms with Crippen molar-refractivity contribution >= 4 is 0 Å². The number of benzene rings is 4. The Kier molecular flexibility index (Phi) is 5.16. The van der Waals surface area contributed by atoms with Crippen LogP contribution in [0.1, 0.15) is 33.4 Å². The Morgan fingerprint density at radius 1 is 0.641 bits per heavy atom. The molecule has 7 rings (SSSR count). The summed E-state index contributed by atoms with van der Waals surface area (Å²) < 4.78 is 11.3. The number of phenols is 2. The number of nitrogens with one attached hydrogen (secondary N) is 2. The van der Waals surface area contributed by atoms with Crippen LogP contribution in [0.15, 0.2) is 36.4 Å². The smallest absolute Gasteiger partial charge is 0.191 e. The van der Waals surface area contributed by atoms with Crippen LogP contribution in [0.2, 0.25) is 0 Å². The summed E-state index contributed by atoms with van der Waals surface area (Å²) in [7, 11) is 3.27. The number of hydrazine groups is 2. The van der Waals surface area contributed by atoms with Crippen LogP contribution >= 0.6 is 0 Å². The molecule has 10 heteroatoms. The first-order valence-electron chi connectivity index (χ1n) is 12.4. The van der Waals surface area contributed by atoms with Gasteiger partial charge in [-0.25, -0.2) is 0 Å². The van der Waals surface area contributed by atoms with Crippen LogP contribution < -0.4 is 42.0 Å². The molecule has 4 aromatic carbocycles. The topological polar surface area (TPSA) is 153 Å². The van der Waals surface area contributed by atoms with Gasteiger partial charge in [-0.3, -0.25) is 5.84 Å². The molecule has 0 aliphatic heterocycles. The molecule has 198 valence electrons. The fourth-order valence-corrected chi connectivity index (χ4v) is 6.54. The van der Waals surface area contributed by atoms with Gasteiger partial charge in [0.15, 0.2) is 34.5 Å². The molecule has 4 aromatic rings. The van der Waals surface area contributed by atoms with E-state index in [1.807, 2.05) is 18.2 Å². The molecule has 0 bridgehead atoms. The Morgan fingerprint density at radius 2 is 1.10 bits per heavy atom. The van der Waals surface area contributed by atoms with E-state index in [1.54, 1.807) is 32.4 Å². The highest BCUT2D eigenvalue weighted by Crippen LogP contribution is 2.59. The van der Waals surface area contributed by atoms with Crippen molar-refractivity contribution in [3.8, 4) is 67.9 Å². The van der Waals surface area contributed by atoms with E-state index in [0.29, 0.717) is 30.8 Å². The summed E-state index contributed by atoms with van der Waals surface area (Å²) in [4.78, 5) is 10.4. The first-order chi connectivity index (χ1) is 19.0. The van der Waals surface area contributed by atoms with Crippen LogP contribution in [0.4, 0.5) is 0 Å². The summed E-state index contributed by atoms with van der Waals surface area (Å²) in [5.41, 5.74) is 17.6. The maximum absolute atomic E-state index is 10.7. The minimum absolute atomic E-state index is 0.00173. The highest BCUT2D eigenvalue weighted by Gasteiger charge is 2.38. The van der Waals surface area contributed by atoms with Crippen molar-refractivity contribution in [2.45, 2.75) is 19.3 Å². The molecule has 0 saturated heterocycles. The summed E-state index contributed by atoms with van der Waals surface area (Å²) in [6, 6.07) is 11.2. The molecule has 10 nitrogen and oxygen atoms in total. The monoisotopic (exact) mass is 526 g/mol. The number of nitrogens with two attached hydrogens (primary N) is 2. The predicted octanol–water partition coefficient (Wildman–Crippen LogP) is 3.34. The van der Waals surface area contributed by atoms with Gasteiger partial charge in [-0.2, -0.15) is 11.4 Å². The van der Waals surface area contributed by atoms with Crippen LogP contribution in [-0.4, -0.2) is 24.4 Å². The van der Waals surface area contributed by atoms with Crippen LogP contribution in [0.5, 0.6) is 34.5 Å². The Morgan fingerprint density at radius 3 is 1.64 bits per heavy atom. The lowest BCUT2D eigenvalue weighted by Gasteiger charge is -2.17. The molecule has 0 radical (unpaired) electrons. The van der Waals surface area contributed by atoms with E-state index >= 15 is 0 Å². The van der Waals surface area contributed by atoms with Gasteiger partial charge in [-0.05, 0) is 122 Å². The molecule has 3 aliphatic rings. The largest absolute Gasteiger partial charge is 0.504 e. The van der Waals surface area contributed by atoms with E-state index in [9.17, 15) is 10.2 Å². The summed E-state index contributed by atoms with van der Waals surface area (Å²) in [6.07, 6.45) is 1.99. The van der Waals surface area contributed by atoms with Crippen molar-refractivity contribution in [3.63, 3.8) is 0 Å². The average Bonchev–Trinajstić information content (AvgIpc) is 3.60. The third kappa shape index (κ3) is 3.23. The van der Waals surface area contributed by atoms with Gasteiger partial charge in [0.2, 0.25) is 0 Å². The zero-order valence-corrected chi connectivity index (χ0v) is 21.3. The third-order valence-electron chi connectivity index (χ3n) is 8.05. The second-order valence-corrected chi connectivity index (χ2v) is 9.88. The van der Waals surface area contributed by atoms with E-state index < -0.39 is 0 Å². The Hall–Kier alpha value is -4.48. The molecule has 0 aromatic heterocycles.